The van der Waals surface area contributed by atoms with Crippen LogP contribution in [-0.4, -0.2) is 32.1 Å². The van der Waals surface area contributed by atoms with Crippen LogP contribution in [0.5, 0.6) is 5.88 Å². The first-order chi connectivity index (χ1) is 9.86. The van der Waals surface area contributed by atoms with E-state index in [4.69, 9.17) is 5.11 Å². The highest BCUT2D eigenvalue weighted by Crippen LogP contribution is 2.17. The van der Waals surface area contributed by atoms with E-state index in [9.17, 15) is 19.5 Å². The lowest BCUT2D eigenvalue weighted by Gasteiger charge is -2.03. The Labute approximate surface area is 122 Å². The molecule has 0 aliphatic carbocycles. The van der Waals surface area contributed by atoms with Gasteiger partial charge in [0.25, 0.3) is 11.5 Å². The molecule has 0 atom stereocenters. The van der Waals surface area contributed by atoms with Gasteiger partial charge in [0.15, 0.2) is 5.88 Å². The predicted molar refractivity (Wildman–Crippen MR) is 73.7 cm³/mol. The molecule has 1 amide bonds. The number of aromatic hydroxyl groups is 1. The van der Waals surface area contributed by atoms with Gasteiger partial charge in [-0.3, -0.25) is 14.6 Å². The molecule has 0 aromatic carbocycles. The molecule has 0 saturated carbocycles. The number of aromatic nitrogens is 2. The highest BCUT2D eigenvalue weighted by atomic mass is 32.1. The van der Waals surface area contributed by atoms with Crippen LogP contribution in [0.2, 0.25) is 0 Å². The maximum absolute atomic E-state index is 11.8. The third-order valence-electron chi connectivity index (χ3n) is 2.53. The average molecular weight is 309 g/mol. The van der Waals surface area contributed by atoms with Gasteiger partial charge in [0.2, 0.25) is 0 Å². The van der Waals surface area contributed by atoms with Crippen molar-refractivity contribution in [3.63, 3.8) is 0 Å². The number of carboxylic acids is 1. The molecule has 2 aromatic heterocycles. The number of hydrogen-bond acceptors (Lipinski definition) is 6. The van der Waals surface area contributed by atoms with Crippen LogP contribution < -0.4 is 10.9 Å². The molecule has 0 radical (unpaired) electrons. The second kappa shape index (κ2) is 5.75. The van der Waals surface area contributed by atoms with E-state index in [-0.39, 0.29) is 17.0 Å². The smallest absolute Gasteiger partial charge is 0.347 e. The molecule has 0 spiro atoms. The van der Waals surface area contributed by atoms with Crippen molar-refractivity contribution in [1.82, 2.24) is 15.3 Å². The van der Waals surface area contributed by atoms with Crippen molar-refractivity contribution < 1.29 is 19.8 Å². The molecule has 0 saturated heterocycles. The van der Waals surface area contributed by atoms with Crippen LogP contribution in [0.1, 0.15) is 30.7 Å². The summed E-state index contributed by atoms with van der Waals surface area (Å²) < 4.78 is 0. The molecule has 0 unspecified atom stereocenters. The van der Waals surface area contributed by atoms with E-state index < -0.39 is 23.3 Å². The second-order valence-corrected chi connectivity index (χ2v) is 5.21. The van der Waals surface area contributed by atoms with Crippen molar-refractivity contribution in [3.05, 3.63) is 43.6 Å². The van der Waals surface area contributed by atoms with Gasteiger partial charge in [-0.25, -0.2) is 9.78 Å². The lowest BCUT2D eigenvalue weighted by atomic mass is 10.2. The van der Waals surface area contributed by atoms with Gasteiger partial charge in [-0.2, -0.15) is 0 Å². The number of carbonyl (C=O) groups excluding carboxylic acids is 1. The molecule has 8 nitrogen and oxygen atoms in total. The maximum Gasteiger partial charge on any atom is 0.347 e. The number of aromatic amines is 1. The monoisotopic (exact) mass is 309 g/mol. The minimum atomic E-state index is -1.07. The van der Waals surface area contributed by atoms with E-state index in [0.29, 0.717) is 10.7 Å². The minimum absolute atomic E-state index is 0.00276. The highest BCUT2D eigenvalue weighted by Gasteiger charge is 2.15. The van der Waals surface area contributed by atoms with Crippen LogP contribution in [-0.2, 0) is 6.54 Å². The summed E-state index contributed by atoms with van der Waals surface area (Å²) in [4.78, 5) is 40.1. The number of aryl methyl sites for hydroxylation is 1. The number of hydrogen-bond donors (Lipinski definition) is 4. The Bertz CT molecular complexity index is 764. The second-order valence-electron chi connectivity index (χ2n) is 4.13. The van der Waals surface area contributed by atoms with Crippen molar-refractivity contribution >= 4 is 23.2 Å². The van der Waals surface area contributed by atoms with Gasteiger partial charge in [0, 0.05) is 12.1 Å². The number of amides is 1. The summed E-state index contributed by atoms with van der Waals surface area (Å²) in [5, 5.41) is 21.1. The summed E-state index contributed by atoms with van der Waals surface area (Å²) in [6, 6.07) is 2.16. The molecule has 2 rings (SSSR count). The number of carbonyl (C=O) groups is 2. The largest absolute Gasteiger partial charge is 0.494 e. The van der Waals surface area contributed by atoms with Gasteiger partial charge in [-0.05, 0) is 6.92 Å². The summed E-state index contributed by atoms with van der Waals surface area (Å²) in [6.07, 6.45) is 0. The molecule has 0 aliphatic rings. The van der Waals surface area contributed by atoms with E-state index in [0.717, 1.165) is 23.5 Å². The Morgan fingerprint density at radius 1 is 1.43 bits per heavy atom. The number of pyridine rings is 1. The van der Waals surface area contributed by atoms with Gasteiger partial charge in [-0.15, -0.1) is 11.3 Å². The first kappa shape index (κ1) is 14.7. The van der Waals surface area contributed by atoms with Gasteiger partial charge in [-0.1, -0.05) is 0 Å². The Balaban J connectivity index is 2.09. The van der Waals surface area contributed by atoms with Crippen molar-refractivity contribution in [1.29, 1.82) is 0 Å². The molecule has 21 heavy (non-hydrogen) atoms. The lowest BCUT2D eigenvalue weighted by molar-refractivity contribution is 0.0701. The van der Waals surface area contributed by atoms with Crippen LogP contribution in [0.15, 0.2) is 16.9 Å². The van der Waals surface area contributed by atoms with Crippen molar-refractivity contribution in [2.24, 2.45) is 0 Å². The van der Waals surface area contributed by atoms with E-state index in [1.165, 1.54) is 0 Å². The summed E-state index contributed by atoms with van der Waals surface area (Å²) in [5.41, 5.74) is -0.216. The van der Waals surface area contributed by atoms with Crippen LogP contribution in [0.3, 0.4) is 0 Å². The summed E-state index contributed by atoms with van der Waals surface area (Å²) in [6.45, 7) is 1.60. The van der Waals surface area contributed by atoms with Gasteiger partial charge < -0.3 is 15.5 Å². The molecular formula is C12H11N3O5S. The van der Waals surface area contributed by atoms with E-state index in [2.05, 4.69) is 15.3 Å². The minimum Gasteiger partial charge on any atom is -0.494 e. The van der Waals surface area contributed by atoms with Crippen molar-refractivity contribution in [2.45, 2.75) is 13.5 Å². The van der Waals surface area contributed by atoms with E-state index in [1.54, 1.807) is 6.92 Å². The normalized spacial score (nSPS) is 10.3. The highest BCUT2D eigenvalue weighted by molar-refractivity contribution is 7.13. The SMILES string of the molecule is Cc1nc(CNC(=O)c2cc(O)[nH]c(=O)c2)sc1C(=O)O. The maximum atomic E-state index is 11.8. The molecule has 110 valence electrons. The van der Waals surface area contributed by atoms with E-state index >= 15 is 0 Å². The topological polar surface area (TPSA) is 132 Å². The number of rotatable bonds is 4. The third-order valence-corrected chi connectivity index (χ3v) is 3.67. The molecule has 0 aliphatic heterocycles. The first-order valence-electron chi connectivity index (χ1n) is 5.78. The fourth-order valence-electron chi connectivity index (χ4n) is 1.64. The summed E-state index contributed by atoms with van der Waals surface area (Å²) >= 11 is 0.968. The zero-order valence-corrected chi connectivity index (χ0v) is 11.7. The van der Waals surface area contributed by atoms with Crippen LogP contribution >= 0.6 is 11.3 Å². The zero-order chi connectivity index (χ0) is 15.6. The molecule has 0 bridgehead atoms. The molecule has 0 fully saturated rings. The molecule has 2 aromatic rings. The zero-order valence-electron chi connectivity index (χ0n) is 10.8. The molecule has 4 N–H and O–H groups in total. The van der Waals surface area contributed by atoms with Crippen molar-refractivity contribution in [2.75, 3.05) is 0 Å². The average Bonchev–Trinajstić information content (AvgIpc) is 2.76. The standard InChI is InChI=1S/C12H11N3O5S/c1-5-10(12(19)20)21-9(14-5)4-13-11(18)6-2-7(16)15-8(17)3-6/h2-3H,4H2,1H3,(H,13,18)(H,19,20)(H2,15,16,17). The van der Waals surface area contributed by atoms with Gasteiger partial charge >= 0.3 is 5.97 Å². The predicted octanol–water partition coefficient (Wildman–Crippen LogP) is 0.474. The Kier molecular flexibility index (Phi) is 4.03. The van der Waals surface area contributed by atoms with Crippen LogP contribution in [0.4, 0.5) is 0 Å². The number of carboxylic acid groups (broad SMARTS) is 1. The molecule has 9 heteroatoms. The number of aromatic carboxylic acids is 1. The number of nitrogens with zero attached hydrogens (tertiary/aromatic N) is 1. The summed E-state index contributed by atoms with van der Waals surface area (Å²) in [7, 11) is 0. The molecular weight excluding hydrogens is 298 g/mol. The van der Waals surface area contributed by atoms with E-state index in [1.807, 2.05) is 0 Å². The van der Waals surface area contributed by atoms with Crippen LogP contribution in [0.25, 0.3) is 0 Å². The third kappa shape index (κ3) is 3.45. The summed E-state index contributed by atoms with van der Waals surface area (Å²) in [5.74, 6) is -2.05. The first-order valence-corrected chi connectivity index (χ1v) is 6.59. The van der Waals surface area contributed by atoms with Crippen LogP contribution in [0, 0.1) is 6.92 Å². The van der Waals surface area contributed by atoms with Crippen molar-refractivity contribution in [3.8, 4) is 5.88 Å². The fourth-order valence-corrected chi connectivity index (χ4v) is 2.49. The fraction of sp³-hybridized carbons (Fsp3) is 0.167. The van der Waals surface area contributed by atoms with Gasteiger partial charge in [0.05, 0.1) is 17.8 Å². The number of H-pyrrole nitrogens is 1. The number of thiazole rings is 1. The lowest BCUT2D eigenvalue weighted by Crippen LogP contribution is -2.24. The van der Waals surface area contributed by atoms with Gasteiger partial charge in [0.1, 0.15) is 9.88 Å². The number of nitrogens with one attached hydrogen (secondary N) is 2. The molecule has 2 heterocycles. The quantitative estimate of drug-likeness (QED) is 0.649. The Morgan fingerprint density at radius 3 is 2.71 bits per heavy atom. The Hall–Kier alpha value is -2.68. The Morgan fingerprint density at radius 2 is 2.14 bits per heavy atom.